The molecule has 0 spiro atoms. The van der Waals surface area contributed by atoms with Crippen molar-refractivity contribution in [1.29, 1.82) is 0 Å². The third-order valence-electron chi connectivity index (χ3n) is 2.77. The molecule has 1 saturated heterocycles. The van der Waals surface area contributed by atoms with Crippen LogP contribution in [0.5, 0.6) is 0 Å². The number of rotatable bonds is 3. The molecule has 0 aromatic heterocycles. The van der Waals surface area contributed by atoms with Crippen LogP contribution in [0, 0.1) is 5.92 Å². The highest BCUT2D eigenvalue weighted by Crippen LogP contribution is 2.18. The lowest BCUT2D eigenvalue weighted by Gasteiger charge is -2.10. The van der Waals surface area contributed by atoms with Gasteiger partial charge in [0.25, 0.3) is 0 Å². The highest BCUT2D eigenvalue weighted by atomic mass is 16.5. The minimum atomic E-state index is -0.408. The number of hydrogen-bond donors (Lipinski definition) is 2. The predicted octanol–water partition coefficient (Wildman–Crippen LogP) is 1.04. The maximum absolute atomic E-state index is 11.7. The Morgan fingerprint density at radius 2 is 2.29 bits per heavy atom. The van der Waals surface area contributed by atoms with Crippen molar-refractivity contribution in [3.05, 3.63) is 23.8 Å². The van der Waals surface area contributed by atoms with E-state index in [-0.39, 0.29) is 0 Å². The van der Waals surface area contributed by atoms with Crippen molar-refractivity contribution < 1.29 is 14.3 Å². The molecule has 0 amide bonds. The molecule has 1 aromatic carbocycles. The highest BCUT2D eigenvalue weighted by molar-refractivity contribution is 5.95. The summed E-state index contributed by atoms with van der Waals surface area (Å²) in [5, 5.41) is 0. The highest BCUT2D eigenvalue weighted by Gasteiger charge is 2.19. The molecule has 1 aliphatic heterocycles. The molecule has 0 radical (unpaired) electrons. The SMILES string of the molecule is Nc1ccc(C(=O)OCC2CCOC2)c(N)c1. The van der Waals surface area contributed by atoms with Crippen LogP contribution < -0.4 is 11.5 Å². The number of ether oxygens (including phenoxy) is 2. The molecular weight excluding hydrogens is 220 g/mol. The fourth-order valence-electron chi connectivity index (χ4n) is 1.75. The first-order valence-electron chi connectivity index (χ1n) is 5.56. The van der Waals surface area contributed by atoms with Crippen LogP contribution in [-0.4, -0.2) is 25.8 Å². The van der Waals surface area contributed by atoms with Crippen molar-refractivity contribution in [2.75, 3.05) is 31.3 Å². The number of esters is 1. The van der Waals surface area contributed by atoms with E-state index in [4.69, 9.17) is 20.9 Å². The largest absolute Gasteiger partial charge is 0.462 e. The maximum Gasteiger partial charge on any atom is 0.340 e. The van der Waals surface area contributed by atoms with E-state index in [1.165, 1.54) is 0 Å². The van der Waals surface area contributed by atoms with E-state index in [1.807, 2.05) is 0 Å². The monoisotopic (exact) mass is 236 g/mol. The van der Waals surface area contributed by atoms with E-state index in [0.29, 0.717) is 36.1 Å². The standard InChI is InChI=1S/C12H16N2O3/c13-9-1-2-10(11(14)5-9)12(15)17-7-8-3-4-16-6-8/h1-2,5,8H,3-4,6-7,13-14H2. The van der Waals surface area contributed by atoms with Gasteiger partial charge in [-0.1, -0.05) is 0 Å². The summed E-state index contributed by atoms with van der Waals surface area (Å²) >= 11 is 0. The van der Waals surface area contributed by atoms with Crippen LogP contribution in [0.25, 0.3) is 0 Å². The first kappa shape index (κ1) is 11.7. The number of hydrogen-bond acceptors (Lipinski definition) is 5. The van der Waals surface area contributed by atoms with Crippen LogP contribution in [0.4, 0.5) is 11.4 Å². The Labute approximate surface area is 99.7 Å². The molecule has 1 heterocycles. The van der Waals surface area contributed by atoms with Gasteiger partial charge >= 0.3 is 5.97 Å². The number of carbonyl (C=O) groups excluding carboxylic acids is 1. The lowest BCUT2D eigenvalue weighted by Crippen LogP contribution is -2.15. The van der Waals surface area contributed by atoms with Crippen LogP contribution in [0.2, 0.25) is 0 Å². The minimum absolute atomic E-state index is 0.300. The van der Waals surface area contributed by atoms with Gasteiger partial charge < -0.3 is 20.9 Å². The number of nitrogens with two attached hydrogens (primary N) is 2. The zero-order valence-corrected chi connectivity index (χ0v) is 9.52. The molecule has 1 atom stereocenters. The van der Waals surface area contributed by atoms with E-state index in [9.17, 15) is 4.79 Å². The zero-order chi connectivity index (χ0) is 12.3. The topological polar surface area (TPSA) is 87.6 Å². The smallest absolute Gasteiger partial charge is 0.340 e. The van der Waals surface area contributed by atoms with Crippen LogP contribution >= 0.6 is 0 Å². The molecule has 17 heavy (non-hydrogen) atoms. The van der Waals surface area contributed by atoms with Crippen LogP contribution in [0.1, 0.15) is 16.8 Å². The van der Waals surface area contributed by atoms with Crippen molar-refractivity contribution >= 4 is 17.3 Å². The van der Waals surface area contributed by atoms with Crippen molar-refractivity contribution in [3.63, 3.8) is 0 Å². The van der Waals surface area contributed by atoms with Crippen LogP contribution in [0.15, 0.2) is 18.2 Å². The fourth-order valence-corrected chi connectivity index (χ4v) is 1.75. The first-order chi connectivity index (χ1) is 8.16. The molecule has 5 heteroatoms. The van der Waals surface area contributed by atoms with Gasteiger partial charge in [0.05, 0.1) is 18.8 Å². The maximum atomic E-state index is 11.7. The Bertz CT molecular complexity index is 414. The average molecular weight is 236 g/mol. The van der Waals surface area contributed by atoms with E-state index in [2.05, 4.69) is 0 Å². The second-order valence-corrected chi connectivity index (χ2v) is 4.17. The van der Waals surface area contributed by atoms with Crippen LogP contribution in [-0.2, 0) is 9.47 Å². The lowest BCUT2D eigenvalue weighted by atomic mass is 10.1. The summed E-state index contributed by atoms with van der Waals surface area (Å²) in [4.78, 5) is 11.7. The molecule has 0 saturated carbocycles. The van der Waals surface area contributed by atoms with Gasteiger partial charge in [-0.2, -0.15) is 0 Å². The summed E-state index contributed by atoms with van der Waals surface area (Å²) in [7, 11) is 0. The molecule has 1 unspecified atom stereocenters. The molecule has 1 aromatic rings. The van der Waals surface area contributed by atoms with Gasteiger partial charge in [-0.25, -0.2) is 4.79 Å². The molecular formula is C12H16N2O3. The molecule has 92 valence electrons. The Morgan fingerprint density at radius 1 is 1.47 bits per heavy atom. The van der Waals surface area contributed by atoms with Gasteiger partial charge in [-0.05, 0) is 24.6 Å². The van der Waals surface area contributed by atoms with Gasteiger partial charge in [0.15, 0.2) is 0 Å². The molecule has 1 fully saturated rings. The predicted molar refractivity (Wildman–Crippen MR) is 64.5 cm³/mol. The van der Waals surface area contributed by atoms with E-state index >= 15 is 0 Å². The first-order valence-corrected chi connectivity index (χ1v) is 5.56. The third kappa shape index (κ3) is 2.88. The fraction of sp³-hybridized carbons (Fsp3) is 0.417. The quantitative estimate of drug-likeness (QED) is 0.605. The number of anilines is 2. The minimum Gasteiger partial charge on any atom is -0.462 e. The summed E-state index contributed by atoms with van der Waals surface area (Å²) < 4.78 is 10.4. The molecule has 1 aliphatic rings. The van der Waals surface area contributed by atoms with Crippen molar-refractivity contribution in [2.45, 2.75) is 6.42 Å². The van der Waals surface area contributed by atoms with Gasteiger partial charge in [-0.15, -0.1) is 0 Å². The van der Waals surface area contributed by atoms with Crippen molar-refractivity contribution in [2.24, 2.45) is 5.92 Å². The number of nitrogen functional groups attached to an aromatic ring is 2. The van der Waals surface area contributed by atoms with Gasteiger partial charge in [0, 0.05) is 23.9 Å². The summed E-state index contributed by atoms with van der Waals surface area (Å²) in [5.41, 5.74) is 12.5. The van der Waals surface area contributed by atoms with Gasteiger partial charge in [0.2, 0.25) is 0 Å². The van der Waals surface area contributed by atoms with E-state index in [0.717, 1.165) is 13.0 Å². The molecule has 5 nitrogen and oxygen atoms in total. The average Bonchev–Trinajstić information content (AvgIpc) is 2.78. The molecule has 0 bridgehead atoms. The molecule has 0 aliphatic carbocycles. The molecule has 4 N–H and O–H groups in total. The Kier molecular flexibility index (Phi) is 3.49. The van der Waals surface area contributed by atoms with E-state index in [1.54, 1.807) is 18.2 Å². The van der Waals surface area contributed by atoms with Crippen molar-refractivity contribution in [1.82, 2.24) is 0 Å². The second kappa shape index (κ2) is 5.05. The van der Waals surface area contributed by atoms with Crippen molar-refractivity contribution in [3.8, 4) is 0 Å². The Balaban J connectivity index is 1.94. The van der Waals surface area contributed by atoms with Gasteiger partial charge in [0.1, 0.15) is 0 Å². The summed E-state index contributed by atoms with van der Waals surface area (Å²) in [6.07, 6.45) is 0.935. The van der Waals surface area contributed by atoms with Gasteiger partial charge in [-0.3, -0.25) is 0 Å². The Morgan fingerprint density at radius 3 is 2.94 bits per heavy atom. The summed E-state index contributed by atoms with van der Waals surface area (Å²) in [5.74, 6) is -0.108. The summed E-state index contributed by atoms with van der Waals surface area (Å²) in [6.45, 7) is 1.78. The summed E-state index contributed by atoms with van der Waals surface area (Å²) in [6, 6.07) is 4.76. The second-order valence-electron chi connectivity index (χ2n) is 4.17. The normalized spacial score (nSPS) is 19.2. The lowest BCUT2D eigenvalue weighted by molar-refractivity contribution is 0.0429. The number of benzene rings is 1. The zero-order valence-electron chi connectivity index (χ0n) is 9.52. The van der Waals surface area contributed by atoms with E-state index < -0.39 is 5.97 Å². The molecule has 2 rings (SSSR count). The Hall–Kier alpha value is -1.75. The third-order valence-corrected chi connectivity index (χ3v) is 2.77. The van der Waals surface area contributed by atoms with Crippen LogP contribution in [0.3, 0.4) is 0 Å². The number of carbonyl (C=O) groups is 1.